The molecule has 0 saturated heterocycles. The maximum atomic E-state index is 11.9. The van der Waals surface area contributed by atoms with E-state index in [2.05, 4.69) is 9.97 Å². The molecule has 20 heavy (non-hydrogen) atoms. The molecule has 0 aliphatic rings. The number of nitrogens with one attached hydrogen (secondary N) is 2. The molecular formula is C16H10N2O2. The largest absolute Gasteiger partial charge is 0.353 e. The van der Waals surface area contributed by atoms with Gasteiger partial charge in [0.15, 0.2) is 0 Å². The molecule has 0 aliphatic carbocycles. The number of fused-ring (bicyclic) bond motifs is 4. The summed E-state index contributed by atoms with van der Waals surface area (Å²) in [5.41, 5.74) is 1.99. The Labute approximate surface area is 112 Å². The van der Waals surface area contributed by atoms with Crippen molar-refractivity contribution in [3.63, 3.8) is 0 Å². The van der Waals surface area contributed by atoms with E-state index in [4.69, 9.17) is 0 Å². The van der Waals surface area contributed by atoms with Gasteiger partial charge in [0.05, 0.1) is 16.4 Å². The molecule has 2 N–H and O–H groups in total. The van der Waals surface area contributed by atoms with Crippen LogP contribution in [-0.2, 0) is 0 Å². The van der Waals surface area contributed by atoms with Crippen molar-refractivity contribution in [1.29, 1.82) is 0 Å². The lowest BCUT2D eigenvalue weighted by Gasteiger charge is -2.05. The van der Waals surface area contributed by atoms with Crippen LogP contribution in [0.4, 0.5) is 0 Å². The van der Waals surface area contributed by atoms with Gasteiger partial charge in [0, 0.05) is 10.9 Å². The predicted octanol–water partition coefficient (Wildman–Crippen LogP) is 2.52. The molecule has 0 spiro atoms. The van der Waals surface area contributed by atoms with Gasteiger partial charge in [-0.1, -0.05) is 30.3 Å². The highest BCUT2D eigenvalue weighted by Crippen LogP contribution is 2.19. The Morgan fingerprint density at radius 2 is 1.25 bits per heavy atom. The van der Waals surface area contributed by atoms with Gasteiger partial charge in [0.25, 0.3) is 5.43 Å². The van der Waals surface area contributed by atoms with E-state index in [0.29, 0.717) is 10.9 Å². The Morgan fingerprint density at radius 1 is 0.650 bits per heavy atom. The predicted molar refractivity (Wildman–Crippen MR) is 80.2 cm³/mol. The van der Waals surface area contributed by atoms with Crippen molar-refractivity contribution in [2.45, 2.75) is 0 Å². The number of aromatic nitrogens is 2. The maximum Gasteiger partial charge on any atom is 0.250 e. The van der Waals surface area contributed by atoms with Crippen LogP contribution in [0.2, 0.25) is 0 Å². The minimum Gasteiger partial charge on any atom is -0.353 e. The average molecular weight is 262 g/mol. The molecule has 0 unspecified atom stereocenters. The van der Waals surface area contributed by atoms with Crippen LogP contribution in [0.5, 0.6) is 0 Å². The monoisotopic (exact) mass is 262 g/mol. The van der Waals surface area contributed by atoms with E-state index in [1.165, 1.54) is 0 Å². The maximum absolute atomic E-state index is 11.9. The van der Waals surface area contributed by atoms with Crippen molar-refractivity contribution in [3.8, 4) is 0 Å². The Hall–Kier alpha value is -2.88. The third-order valence-electron chi connectivity index (χ3n) is 3.56. The second kappa shape index (κ2) is 3.81. The zero-order chi connectivity index (χ0) is 13.7. The SMILES string of the molecule is O=c1c(=O)c2c1[nH]c1ccccc1[nH]c1ccccc12. The van der Waals surface area contributed by atoms with Gasteiger partial charge in [-0.2, -0.15) is 0 Å². The minimum atomic E-state index is -0.452. The zero-order valence-electron chi connectivity index (χ0n) is 10.4. The van der Waals surface area contributed by atoms with Crippen LogP contribution in [0.1, 0.15) is 0 Å². The number of aromatic amines is 2. The molecule has 4 heteroatoms. The summed E-state index contributed by atoms with van der Waals surface area (Å²) in [5, 5.41) is 1.22. The first-order valence-corrected chi connectivity index (χ1v) is 6.31. The minimum absolute atomic E-state index is 0.386. The number of benzene rings is 2. The van der Waals surface area contributed by atoms with Gasteiger partial charge in [-0.3, -0.25) is 9.59 Å². The fourth-order valence-corrected chi connectivity index (χ4v) is 2.56. The summed E-state index contributed by atoms with van der Waals surface area (Å²) in [7, 11) is 0. The van der Waals surface area contributed by atoms with E-state index in [1.54, 1.807) is 0 Å². The average Bonchev–Trinajstić information content (AvgIpc) is 2.47. The number of hydrogen-bond donors (Lipinski definition) is 2. The summed E-state index contributed by atoms with van der Waals surface area (Å²) in [6, 6.07) is 15.1. The standard InChI is InChI=1S/C16H10N2O2/c19-15-13-9-5-1-2-6-10(9)17-11-7-3-4-8-12(11)18-14(13)16(15)20/h1-8,17-18H. The molecule has 1 aromatic heterocycles. The summed E-state index contributed by atoms with van der Waals surface area (Å²) < 4.78 is 0. The Morgan fingerprint density at radius 3 is 2.00 bits per heavy atom. The van der Waals surface area contributed by atoms with Gasteiger partial charge in [0.2, 0.25) is 5.43 Å². The van der Waals surface area contributed by atoms with E-state index in [1.807, 2.05) is 48.5 Å². The van der Waals surface area contributed by atoms with Crippen molar-refractivity contribution in [2.24, 2.45) is 0 Å². The molecule has 0 radical (unpaired) electrons. The van der Waals surface area contributed by atoms with Crippen LogP contribution in [0.15, 0.2) is 58.1 Å². The summed E-state index contributed by atoms with van der Waals surface area (Å²) in [5.74, 6) is 0. The quantitative estimate of drug-likeness (QED) is 0.478. The second-order valence-electron chi connectivity index (χ2n) is 4.75. The Balaban J connectivity index is 2.42. The molecule has 0 atom stereocenters. The normalized spacial score (nSPS) is 11.4. The van der Waals surface area contributed by atoms with Crippen molar-refractivity contribution in [3.05, 3.63) is 69.0 Å². The molecule has 0 amide bonds. The third-order valence-corrected chi connectivity index (χ3v) is 3.56. The van der Waals surface area contributed by atoms with Gasteiger partial charge in [-0.25, -0.2) is 0 Å². The molecule has 4 rings (SSSR count). The van der Waals surface area contributed by atoms with Crippen molar-refractivity contribution in [1.82, 2.24) is 9.97 Å². The molecule has 4 aromatic rings. The second-order valence-corrected chi connectivity index (χ2v) is 4.75. The van der Waals surface area contributed by atoms with Crippen LogP contribution in [-0.4, -0.2) is 9.97 Å². The molecule has 4 nitrogen and oxygen atoms in total. The zero-order valence-corrected chi connectivity index (χ0v) is 10.4. The number of para-hydroxylation sites is 3. The summed E-state index contributed by atoms with van der Waals surface area (Å²) in [6.07, 6.45) is 0. The third kappa shape index (κ3) is 1.36. The lowest BCUT2D eigenvalue weighted by atomic mass is 10.1. The van der Waals surface area contributed by atoms with Crippen molar-refractivity contribution >= 4 is 32.8 Å². The van der Waals surface area contributed by atoms with Crippen LogP contribution < -0.4 is 10.9 Å². The highest BCUT2D eigenvalue weighted by atomic mass is 16.2. The van der Waals surface area contributed by atoms with Crippen LogP contribution >= 0.6 is 0 Å². The number of rotatable bonds is 0. The summed E-state index contributed by atoms with van der Waals surface area (Å²) >= 11 is 0. The first kappa shape index (κ1) is 11.0. The summed E-state index contributed by atoms with van der Waals surface area (Å²) in [6.45, 7) is 0. The van der Waals surface area contributed by atoms with E-state index in [0.717, 1.165) is 21.9 Å². The van der Waals surface area contributed by atoms with Crippen LogP contribution in [0, 0.1) is 0 Å². The van der Waals surface area contributed by atoms with Crippen LogP contribution in [0.25, 0.3) is 32.8 Å². The Bertz CT molecular complexity index is 1090. The molecule has 1 heterocycles. The van der Waals surface area contributed by atoms with E-state index in [9.17, 15) is 9.59 Å². The number of H-pyrrole nitrogens is 2. The lowest BCUT2D eigenvalue weighted by Crippen LogP contribution is -2.31. The highest BCUT2D eigenvalue weighted by molar-refractivity contribution is 6.06. The summed E-state index contributed by atoms with van der Waals surface area (Å²) in [4.78, 5) is 30.0. The van der Waals surface area contributed by atoms with Crippen molar-refractivity contribution < 1.29 is 0 Å². The highest BCUT2D eigenvalue weighted by Gasteiger charge is 2.14. The first-order chi connectivity index (χ1) is 9.75. The van der Waals surface area contributed by atoms with Gasteiger partial charge in [-0.05, 0) is 18.2 Å². The molecule has 0 saturated carbocycles. The fourth-order valence-electron chi connectivity index (χ4n) is 2.56. The molecule has 3 aromatic carbocycles. The lowest BCUT2D eigenvalue weighted by molar-refractivity contribution is 1.39. The van der Waals surface area contributed by atoms with E-state index < -0.39 is 10.9 Å². The molecule has 0 aliphatic heterocycles. The van der Waals surface area contributed by atoms with Gasteiger partial charge in [-0.15, -0.1) is 0 Å². The van der Waals surface area contributed by atoms with Gasteiger partial charge < -0.3 is 9.97 Å². The molecule has 0 bridgehead atoms. The van der Waals surface area contributed by atoms with Gasteiger partial charge >= 0.3 is 0 Å². The molecule has 0 fully saturated rings. The van der Waals surface area contributed by atoms with Crippen molar-refractivity contribution in [2.75, 3.05) is 0 Å². The van der Waals surface area contributed by atoms with Crippen LogP contribution in [0.3, 0.4) is 0 Å². The van der Waals surface area contributed by atoms with E-state index >= 15 is 0 Å². The topological polar surface area (TPSA) is 65.7 Å². The molecular weight excluding hydrogens is 252 g/mol. The first-order valence-electron chi connectivity index (χ1n) is 6.31. The van der Waals surface area contributed by atoms with Gasteiger partial charge in [0.1, 0.15) is 5.52 Å². The fraction of sp³-hybridized carbons (Fsp3) is 0. The van der Waals surface area contributed by atoms with E-state index in [-0.39, 0.29) is 0 Å². The smallest absolute Gasteiger partial charge is 0.250 e. The number of hydrogen-bond acceptors (Lipinski definition) is 2. The molecule has 96 valence electrons. The Kier molecular flexibility index (Phi) is 2.09.